The lowest BCUT2D eigenvalue weighted by atomic mass is 10.1. The van der Waals surface area contributed by atoms with Crippen molar-refractivity contribution in [2.75, 3.05) is 13.1 Å². The first-order valence-corrected chi connectivity index (χ1v) is 9.28. The molecule has 1 heterocycles. The maximum absolute atomic E-state index is 12.2. The molecule has 118 valence electrons. The van der Waals surface area contributed by atoms with Crippen LogP contribution in [0.2, 0.25) is 0 Å². The van der Waals surface area contributed by atoms with Crippen molar-refractivity contribution >= 4 is 10.0 Å². The van der Waals surface area contributed by atoms with Gasteiger partial charge in [0.25, 0.3) is 0 Å². The van der Waals surface area contributed by atoms with Gasteiger partial charge in [0.2, 0.25) is 10.0 Å². The van der Waals surface area contributed by atoms with Gasteiger partial charge in [-0.25, -0.2) is 13.1 Å². The lowest BCUT2D eigenvalue weighted by Gasteiger charge is -2.10. The summed E-state index contributed by atoms with van der Waals surface area (Å²) < 4.78 is 28.8. The molecule has 0 aromatic carbocycles. The third kappa shape index (κ3) is 4.28. The molecule has 1 atom stereocenters. The monoisotopic (exact) mass is 312 g/mol. The van der Waals surface area contributed by atoms with Crippen molar-refractivity contribution < 1.29 is 8.42 Å². The van der Waals surface area contributed by atoms with Crippen molar-refractivity contribution in [3.05, 3.63) is 12.4 Å². The SMILES string of the molecule is CC(CNS(=O)(=O)c1cnn(CCNC2CC2)c1)C1CC1. The highest BCUT2D eigenvalue weighted by molar-refractivity contribution is 7.89. The van der Waals surface area contributed by atoms with E-state index >= 15 is 0 Å². The Hall–Kier alpha value is -0.920. The summed E-state index contributed by atoms with van der Waals surface area (Å²) in [4.78, 5) is 0.261. The molecule has 0 amide bonds. The number of rotatable bonds is 9. The molecule has 1 aromatic rings. The summed E-state index contributed by atoms with van der Waals surface area (Å²) in [5, 5.41) is 7.52. The Balaban J connectivity index is 1.50. The average molecular weight is 312 g/mol. The zero-order valence-electron chi connectivity index (χ0n) is 12.5. The van der Waals surface area contributed by atoms with Crippen LogP contribution in [0.3, 0.4) is 0 Å². The van der Waals surface area contributed by atoms with Crippen LogP contribution < -0.4 is 10.0 Å². The lowest BCUT2D eigenvalue weighted by Crippen LogP contribution is -2.29. The fourth-order valence-electron chi connectivity index (χ4n) is 2.43. The van der Waals surface area contributed by atoms with Gasteiger partial charge in [-0.05, 0) is 37.5 Å². The molecule has 2 aliphatic carbocycles. The molecule has 21 heavy (non-hydrogen) atoms. The van der Waals surface area contributed by atoms with Crippen molar-refractivity contribution in [1.29, 1.82) is 0 Å². The number of sulfonamides is 1. The van der Waals surface area contributed by atoms with Crippen molar-refractivity contribution in [3.8, 4) is 0 Å². The summed E-state index contributed by atoms with van der Waals surface area (Å²) in [6, 6.07) is 0.661. The Bertz CT molecular complexity index is 576. The number of aromatic nitrogens is 2. The van der Waals surface area contributed by atoms with E-state index in [1.165, 1.54) is 31.9 Å². The molecular formula is C14H24N4O2S. The molecule has 2 aliphatic rings. The van der Waals surface area contributed by atoms with E-state index in [0.717, 1.165) is 6.54 Å². The van der Waals surface area contributed by atoms with Crippen molar-refractivity contribution in [2.45, 2.75) is 50.1 Å². The first-order chi connectivity index (χ1) is 10.0. The van der Waals surface area contributed by atoms with E-state index in [2.05, 4.69) is 22.1 Å². The van der Waals surface area contributed by atoms with Crippen LogP contribution in [0.1, 0.15) is 32.6 Å². The van der Waals surface area contributed by atoms with Crippen molar-refractivity contribution in [3.63, 3.8) is 0 Å². The Kier molecular flexibility index (Phi) is 4.33. The van der Waals surface area contributed by atoms with Gasteiger partial charge in [0.05, 0.1) is 12.7 Å². The third-order valence-electron chi connectivity index (χ3n) is 4.29. The molecule has 0 saturated heterocycles. The van der Waals surface area contributed by atoms with Crippen LogP contribution in [0.4, 0.5) is 0 Å². The van der Waals surface area contributed by atoms with Gasteiger partial charge in [0, 0.05) is 25.3 Å². The van der Waals surface area contributed by atoms with E-state index in [1.54, 1.807) is 10.9 Å². The summed E-state index contributed by atoms with van der Waals surface area (Å²) >= 11 is 0. The standard InChI is InChI=1S/C14H24N4O2S/c1-11(12-2-3-12)8-17-21(19,20)14-9-16-18(10-14)7-6-15-13-4-5-13/h9-13,15,17H,2-8H2,1H3. The van der Waals surface area contributed by atoms with Gasteiger partial charge in [0.1, 0.15) is 4.90 Å². The van der Waals surface area contributed by atoms with Crippen LogP contribution in [-0.4, -0.2) is 37.3 Å². The van der Waals surface area contributed by atoms with E-state index in [0.29, 0.717) is 31.0 Å². The average Bonchev–Trinajstić information content (AvgIpc) is 3.36. The number of hydrogen-bond donors (Lipinski definition) is 2. The summed E-state index contributed by atoms with van der Waals surface area (Å²) in [5.41, 5.74) is 0. The van der Waals surface area contributed by atoms with Gasteiger partial charge >= 0.3 is 0 Å². The minimum atomic E-state index is -3.42. The quantitative estimate of drug-likeness (QED) is 0.712. The molecule has 0 aliphatic heterocycles. The Morgan fingerprint density at radius 2 is 2.14 bits per heavy atom. The second-order valence-corrected chi connectivity index (χ2v) is 8.10. The Morgan fingerprint density at radius 3 is 2.81 bits per heavy atom. The summed E-state index contributed by atoms with van der Waals surface area (Å²) in [5.74, 6) is 1.11. The van der Waals surface area contributed by atoms with E-state index < -0.39 is 10.0 Å². The lowest BCUT2D eigenvalue weighted by molar-refractivity contribution is 0.491. The van der Waals surface area contributed by atoms with Gasteiger partial charge in [-0.3, -0.25) is 4.68 Å². The fraction of sp³-hybridized carbons (Fsp3) is 0.786. The fourth-order valence-corrected chi connectivity index (χ4v) is 3.53. The van der Waals surface area contributed by atoms with Gasteiger partial charge in [-0.1, -0.05) is 6.92 Å². The zero-order valence-corrected chi connectivity index (χ0v) is 13.3. The van der Waals surface area contributed by atoms with Gasteiger partial charge in [-0.2, -0.15) is 5.10 Å². The zero-order chi connectivity index (χ0) is 14.9. The Morgan fingerprint density at radius 1 is 1.38 bits per heavy atom. The molecule has 3 rings (SSSR count). The summed E-state index contributed by atoms with van der Waals surface area (Å²) in [6.45, 7) is 4.15. The topological polar surface area (TPSA) is 76.0 Å². The minimum Gasteiger partial charge on any atom is -0.312 e. The molecule has 6 nitrogen and oxygen atoms in total. The second kappa shape index (κ2) is 6.06. The van der Waals surface area contributed by atoms with Crippen molar-refractivity contribution in [2.24, 2.45) is 11.8 Å². The molecule has 1 aromatic heterocycles. The van der Waals surface area contributed by atoms with Crippen molar-refractivity contribution in [1.82, 2.24) is 19.8 Å². The first-order valence-electron chi connectivity index (χ1n) is 7.80. The smallest absolute Gasteiger partial charge is 0.243 e. The molecule has 0 bridgehead atoms. The van der Waals surface area contributed by atoms with Crippen LogP contribution in [-0.2, 0) is 16.6 Å². The molecule has 0 radical (unpaired) electrons. The maximum atomic E-state index is 12.2. The Labute approximate surface area is 126 Å². The minimum absolute atomic E-state index is 0.261. The third-order valence-corrected chi connectivity index (χ3v) is 5.67. The molecule has 2 fully saturated rings. The number of nitrogens with one attached hydrogen (secondary N) is 2. The van der Waals surface area contributed by atoms with E-state index in [-0.39, 0.29) is 4.90 Å². The molecular weight excluding hydrogens is 288 g/mol. The van der Waals surface area contributed by atoms with Crippen LogP contribution in [0.5, 0.6) is 0 Å². The number of hydrogen-bond acceptors (Lipinski definition) is 4. The van der Waals surface area contributed by atoms with Gasteiger partial charge < -0.3 is 5.32 Å². The van der Waals surface area contributed by atoms with E-state index in [9.17, 15) is 8.42 Å². The highest BCUT2D eigenvalue weighted by Crippen LogP contribution is 2.36. The summed E-state index contributed by atoms with van der Waals surface area (Å²) in [7, 11) is -3.42. The molecule has 1 unspecified atom stereocenters. The van der Waals surface area contributed by atoms with E-state index in [1.807, 2.05) is 0 Å². The van der Waals surface area contributed by atoms with Crippen LogP contribution in [0.15, 0.2) is 17.3 Å². The van der Waals surface area contributed by atoms with Crippen LogP contribution in [0.25, 0.3) is 0 Å². The second-order valence-electron chi connectivity index (χ2n) is 6.33. The molecule has 2 N–H and O–H groups in total. The van der Waals surface area contributed by atoms with Gasteiger partial charge in [0.15, 0.2) is 0 Å². The predicted molar refractivity (Wildman–Crippen MR) is 80.3 cm³/mol. The van der Waals surface area contributed by atoms with Crippen LogP contribution in [0, 0.1) is 11.8 Å². The van der Waals surface area contributed by atoms with Crippen LogP contribution >= 0.6 is 0 Å². The highest BCUT2D eigenvalue weighted by Gasteiger charge is 2.29. The highest BCUT2D eigenvalue weighted by atomic mass is 32.2. The van der Waals surface area contributed by atoms with E-state index in [4.69, 9.17) is 0 Å². The predicted octanol–water partition coefficient (Wildman–Crippen LogP) is 0.959. The van der Waals surface area contributed by atoms with Gasteiger partial charge in [-0.15, -0.1) is 0 Å². The maximum Gasteiger partial charge on any atom is 0.243 e. The number of nitrogens with zero attached hydrogens (tertiary/aromatic N) is 2. The molecule has 0 spiro atoms. The molecule has 2 saturated carbocycles. The first kappa shape index (κ1) is 15.0. The largest absolute Gasteiger partial charge is 0.312 e. The summed E-state index contributed by atoms with van der Waals surface area (Å²) in [6.07, 6.45) is 8.01. The molecule has 7 heteroatoms. The normalized spacial score (nSPS) is 20.6.